The van der Waals surface area contributed by atoms with Crippen LogP contribution in [0.2, 0.25) is 0 Å². The van der Waals surface area contributed by atoms with E-state index in [0.29, 0.717) is 17.4 Å². The van der Waals surface area contributed by atoms with Gasteiger partial charge in [0.25, 0.3) is 5.69 Å². The molecule has 84 valence electrons. The molecule has 0 saturated carbocycles. The number of aryl methyl sites for hydroxylation is 1. The molecule has 0 fully saturated rings. The first-order valence-electron chi connectivity index (χ1n) is 5.19. The molecule has 0 aromatic carbocycles. The van der Waals surface area contributed by atoms with Crippen molar-refractivity contribution < 1.29 is 4.92 Å². The van der Waals surface area contributed by atoms with Crippen molar-refractivity contribution in [1.29, 1.82) is 0 Å². The third-order valence-electron chi connectivity index (χ3n) is 2.63. The lowest BCUT2D eigenvalue weighted by Gasteiger charge is -2.12. The summed E-state index contributed by atoms with van der Waals surface area (Å²) in [6, 6.07) is 1.81. The molecular formula is C11H13N3O2. The van der Waals surface area contributed by atoms with E-state index in [1.807, 2.05) is 0 Å². The highest BCUT2D eigenvalue weighted by Crippen LogP contribution is 2.22. The minimum absolute atomic E-state index is 0.114. The average Bonchev–Trinajstić information content (AvgIpc) is 2.73. The average molecular weight is 219 g/mol. The topological polar surface area (TPSA) is 68.1 Å². The van der Waals surface area contributed by atoms with Crippen LogP contribution in [0.1, 0.15) is 18.4 Å². The summed E-state index contributed by atoms with van der Waals surface area (Å²) in [5.41, 5.74) is 0.698. The Labute approximate surface area is 93.3 Å². The maximum Gasteiger partial charge on any atom is 0.277 e. The van der Waals surface area contributed by atoms with Crippen LogP contribution in [0.3, 0.4) is 0 Å². The standard InChI is InChI=1S/C11H13N3O2/c1-8-7-12-11(6-10(8)14(15)16)13-9-4-2-3-5-9/h2-3,6-7,9H,4-5H2,1H3,(H,12,13). The number of aromatic nitrogens is 1. The molecule has 1 aliphatic rings. The van der Waals surface area contributed by atoms with Gasteiger partial charge in [-0.1, -0.05) is 12.2 Å². The van der Waals surface area contributed by atoms with Crippen LogP contribution in [0.5, 0.6) is 0 Å². The number of pyridine rings is 1. The van der Waals surface area contributed by atoms with E-state index in [2.05, 4.69) is 22.5 Å². The number of nitrogens with zero attached hydrogens (tertiary/aromatic N) is 2. The van der Waals surface area contributed by atoms with Gasteiger partial charge in [-0.05, 0) is 19.8 Å². The predicted molar refractivity (Wildman–Crippen MR) is 61.4 cm³/mol. The fourth-order valence-electron chi connectivity index (χ4n) is 1.73. The molecule has 1 heterocycles. The zero-order valence-corrected chi connectivity index (χ0v) is 9.01. The van der Waals surface area contributed by atoms with Crippen LogP contribution in [0.4, 0.5) is 11.5 Å². The quantitative estimate of drug-likeness (QED) is 0.481. The van der Waals surface area contributed by atoms with Gasteiger partial charge in [0, 0.05) is 17.8 Å². The summed E-state index contributed by atoms with van der Waals surface area (Å²) in [4.78, 5) is 14.5. The van der Waals surface area contributed by atoms with E-state index in [4.69, 9.17) is 0 Å². The summed E-state index contributed by atoms with van der Waals surface area (Å²) in [6.45, 7) is 1.69. The van der Waals surface area contributed by atoms with Crippen LogP contribution in [-0.4, -0.2) is 15.9 Å². The number of nitro groups is 1. The van der Waals surface area contributed by atoms with E-state index in [-0.39, 0.29) is 10.6 Å². The van der Waals surface area contributed by atoms with Crippen molar-refractivity contribution in [1.82, 2.24) is 4.98 Å². The lowest BCUT2D eigenvalue weighted by atomic mass is 10.2. The first-order chi connectivity index (χ1) is 7.66. The Hall–Kier alpha value is -1.91. The lowest BCUT2D eigenvalue weighted by molar-refractivity contribution is -0.385. The summed E-state index contributed by atoms with van der Waals surface area (Å²) in [7, 11) is 0. The number of nitrogens with one attached hydrogen (secondary N) is 1. The minimum atomic E-state index is -0.380. The molecule has 0 amide bonds. The van der Waals surface area contributed by atoms with E-state index < -0.39 is 0 Å². The zero-order chi connectivity index (χ0) is 11.5. The molecule has 1 aliphatic carbocycles. The predicted octanol–water partition coefficient (Wildman–Crippen LogP) is 2.43. The van der Waals surface area contributed by atoms with Gasteiger partial charge in [0.05, 0.1) is 11.0 Å². The van der Waals surface area contributed by atoms with Crippen LogP contribution in [-0.2, 0) is 0 Å². The van der Waals surface area contributed by atoms with Gasteiger partial charge in [0.1, 0.15) is 5.82 Å². The van der Waals surface area contributed by atoms with Crippen molar-refractivity contribution in [2.45, 2.75) is 25.8 Å². The maximum atomic E-state index is 10.7. The largest absolute Gasteiger partial charge is 0.367 e. The van der Waals surface area contributed by atoms with E-state index in [1.54, 1.807) is 6.92 Å². The second kappa shape index (κ2) is 4.30. The third kappa shape index (κ3) is 2.18. The van der Waals surface area contributed by atoms with Crippen LogP contribution < -0.4 is 5.32 Å². The number of anilines is 1. The maximum absolute atomic E-state index is 10.7. The van der Waals surface area contributed by atoms with Crippen molar-refractivity contribution in [2.24, 2.45) is 0 Å². The Balaban J connectivity index is 2.15. The molecule has 0 bridgehead atoms. The fraction of sp³-hybridized carbons (Fsp3) is 0.364. The van der Waals surface area contributed by atoms with Crippen LogP contribution in [0.15, 0.2) is 24.4 Å². The van der Waals surface area contributed by atoms with E-state index in [1.165, 1.54) is 12.3 Å². The normalized spacial score (nSPS) is 15.3. The smallest absolute Gasteiger partial charge is 0.277 e. The van der Waals surface area contributed by atoms with Gasteiger partial charge in [0.2, 0.25) is 0 Å². The second-order valence-electron chi connectivity index (χ2n) is 3.90. The summed E-state index contributed by atoms with van der Waals surface area (Å²) >= 11 is 0. The third-order valence-corrected chi connectivity index (χ3v) is 2.63. The molecule has 0 radical (unpaired) electrons. The van der Waals surface area contributed by atoms with Crippen molar-refractivity contribution in [3.05, 3.63) is 40.1 Å². The van der Waals surface area contributed by atoms with Gasteiger partial charge in [-0.15, -0.1) is 0 Å². The molecule has 0 saturated heterocycles. The van der Waals surface area contributed by atoms with E-state index in [0.717, 1.165) is 12.8 Å². The van der Waals surface area contributed by atoms with Crippen molar-refractivity contribution >= 4 is 11.5 Å². The van der Waals surface area contributed by atoms with E-state index in [9.17, 15) is 10.1 Å². The Morgan fingerprint density at radius 3 is 2.81 bits per heavy atom. The van der Waals surface area contributed by atoms with Gasteiger partial charge in [0.15, 0.2) is 0 Å². The molecule has 0 atom stereocenters. The molecule has 2 rings (SSSR count). The second-order valence-corrected chi connectivity index (χ2v) is 3.90. The molecule has 0 unspecified atom stereocenters. The van der Waals surface area contributed by atoms with Gasteiger partial charge < -0.3 is 5.32 Å². The molecule has 5 heteroatoms. The molecule has 1 aromatic rings. The Morgan fingerprint density at radius 1 is 1.50 bits per heavy atom. The number of hydrogen-bond acceptors (Lipinski definition) is 4. The first kappa shape index (κ1) is 10.6. The summed E-state index contributed by atoms with van der Waals surface area (Å²) in [5.74, 6) is 0.575. The lowest BCUT2D eigenvalue weighted by Crippen LogP contribution is -2.16. The van der Waals surface area contributed by atoms with Crippen molar-refractivity contribution in [3.8, 4) is 0 Å². The fourth-order valence-corrected chi connectivity index (χ4v) is 1.73. The summed E-state index contributed by atoms with van der Waals surface area (Å²) in [5, 5.41) is 13.9. The van der Waals surface area contributed by atoms with Crippen LogP contribution >= 0.6 is 0 Å². The molecular weight excluding hydrogens is 206 g/mol. The molecule has 0 spiro atoms. The first-order valence-corrected chi connectivity index (χ1v) is 5.19. The van der Waals surface area contributed by atoms with Gasteiger partial charge in [-0.3, -0.25) is 10.1 Å². The highest BCUT2D eigenvalue weighted by atomic mass is 16.6. The highest BCUT2D eigenvalue weighted by molar-refractivity contribution is 5.49. The summed E-state index contributed by atoms with van der Waals surface area (Å²) in [6.07, 6.45) is 7.62. The van der Waals surface area contributed by atoms with Crippen molar-refractivity contribution in [2.75, 3.05) is 5.32 Å². The Kier molecular flexibility index (Phi) is 2.85. The molecule has 0 aliphatic heterocycles. The highest BCUT2D eigenvalue weighted by Gasteiger charge is 2.15. The summed E-state index contributed by atoms with van der Waals surface area (Å²) < 4.78 is 0. The Bertz CT molecular complexity index is 435. The van der Waals surface area contributed by atoms with Crippen LogP contribution in [0, 0.1) is 17.0 Å². The monoisotopic (exact) mass is 219 g/mol. The molecule has 5 nitrogen and oxygen atoms in total. The van der Waals surface area contributed by atoms with Gasteiger partial charge in [-0.2, -0.15) is 0 Å². The molecule has 16 heavy (non-hydrogen) atoms. The zero-order valence-electron chi connectivity index (χ0n) is 9.01. The Morgan fingerprint density at radius 2 is 2.19 bits per heavy atom. The SMILES string of the molecule is Cc1cnc(NC2CC=CC2)cc1[N+](=O)[O-]. The number of rotatable bonds is 3. The van der Waals surface area contributed by atoms with Gasteiger partial charge >= 0.3 is 0 Å². The van der Waals surface area contributed by atoms with Crippen LogP contribution in [0.25, 0.3) is 0 Å². The minimum Gasteiger partial charge on any atom is -0.367 e. The molecule has 1 N–H and O–H groups in total. The van der Waals surface area contributed by atoms with E-state index >= 15 is 0 Å². The number of hydrogen-bond donors (Lipinski definition) is 1. The van der Waals surface area contributed by atoms with Gasteiger partial charge in [-0.25, -0.2) is 4.98 Å². The molecule has 1 aromatic heterocycles. The van der Waals surface area contributed by atoms with Crippen molar-refractivity contribution in [3.63, 3.8) is 0 Å².